The summed E-state index contributed by atoms with van der Waals surface area (Å²) < 4.78 is 19.2. The number of anilines is 1. The summed E-state index contributed by atoms with van der Waals surface area (Å²) in [4.78, 5) is 17.3. The van der Waals surface area contributed by atoms with Crippen LogP contribution in [-0.2, 0) is 13.2 Å². The van der Waals surface area contributed by atoms with Gasteiger partial charge >= 0.3 is 6.01 Å². The van der Waals surface area contributed by atoms with E-state index in [-0.39, 0.29) is 11.8 Å². The van der Waals surface area contributed by atoms with Crippen molar-refractivity contribution in [3.63, 3.8) is 0 Å². The number of aromatic nitrogens is 4. The molecule has 8 heteroatoms. The first-order valence-electron chi connectivity index (χ1n) is 6.90. The van der Waals surface area contributed by atoms with E-state index in [1.165, 1.54) is 0 Å². The van der Waals surface area contributed by atoms with Crippen molar-refractivity contribution < 1.29 is 9.13 Å². The summed E-state index contributed by atoms with van der Waals surface area (Å²) in [6.07, 6.45) is 4.37. The van der Waals surface area contributed by atoms with Crippen molar-refractivity contribution in [1.82, 2.24) is 19.9 Å². The van der Waals surface area contributed by atoms with Crippen molar-refractivity contribution in [2.24, 2.45) is 0 Å². The van der Waals surface area contributed by atoms with Crippen molar-refractivity contribution in [2.75, 3.05) is 5.32 Å². The number of halogens is 1. The standard InChI is InChI=1S/C15H14FN5OS/c1-10-5-18-11(6-17-10)7-19-14-13(16)8-20-15(21-14)22-9-12-3-2-4-23-12/h2-6,8H,7,9H2,1H3,(H,19,20,21). The van der Waals surface area contributed by atoms with Crippen LogP contribution in [0.15, 0.2) is 36.1 Å². The number of hydrogen-bond acceptors (Lipinski definition) is 7. The molecule has 0 aliphatic heterocycles. The van der Waals surface area contributed by atoms with E-state index in [0.717, 1.165) is 16.8 Å². The zero-order chi connectivity index (χ0) is 16.1. The Labute approximate surface area is 136 Å². The maximum absolute atomic E-state index is 13.8. The zero-order valence-electron chi connectivity index (χ0n) is 12.4. The van der Waals surface area contributed by atoms with Gasteiger partial charge in [0.05, 0.1) is 30.3 Å². The highest BCUT2D eigenvalue weighted by Crippen LogP contribution is 2.16. The second-order valence-electron chi connectivity index (χ2n) is 4.72. The predicted molar refractivity (Wildman–Crippen MR) is 84.7 cm³/mol. The van der Waals surface area contributed by atoms with Crippen LogP contribution in [0.4, 0.5) is 10.2 Å². The number of rotatable bonds is 6. The summed E-state index contributed by atoms with van der Waals surface area (Å²) >= 11 is 1.57. The van der Waals surface area contributed by atoms with Crippen molar-refractivity contribution >= 4 is 17.2 Å². The molecule has 1 N–H and O–H groups in total. The first-order chi connectivity index (χ1) is 11.2. The molecule has 0 saturated heterocycles. The quantitative estimate of drug-likeness (QED) is 0.749. The first kappa shape index (κ1) is 15.3. The average Bonchev–Trinajstić information content (AvgIpc) is 3.08. The molecule has 0 spiro atoms. The molecular weight excluding hydrogens is 317 g/mol. The molecule has 0 unspecified atom stereocenters. The van der Waals surface area contributed by atoms with Crippen molar-refractivity contribution in [3.05, 3.63) is 58.2 Å². The molecule has 0 aliphatic carbocycles. The van der Waals surface area contributed by atoms with Gasteiger partial charge in [0, 0.05) is 11.1 Å². The molecule has 0 amide bonds. The molecule has 118 valence electrons. The SMILES string of the molecule is Cc1cnc(CNc2nc(OCc3cccs3)ncc2F)cn1. The Bertz CT molecular complexity index is 764. The summed E-state index contributed by atoms with van der Waals surface area (Å²) in [6.45, 7) is 2.52. The van der Waals surface area contributed by atoms with E-state index in [9.17, 15) is 4.39 Å². The van der Waals surface area contributed by atoms with Gasteiger partial charge in [0.1, 0.15) is 6.61 Å². The number of nitrogens with zero attached hydrogens (tertiary/aromatic N) is 4. The van der Waals surface area contributed by atoms with Crippen LogP contribution in [0.2, 0.25) is 0 Å². The second kappa shape index (κ2) is 7.10. The molecule has 0 bridgehead atoms. The van der Waals surface area contributed by atoms with E-state index in [1.54, 1.807) is 23.7 Å². The molecular formula is C15H14FN5OS. The molecule has 0 fully saturated rings. The Morgan fingerprint density at radius 1 is 1.22 bits per heavy atom. The topological polar surface area (TPSA) is 72.8 Å². The Hall–Kier alpha value is -2.61. The molecule has 3 aromatic heterocycles. The maximum Gasteiger partial charge on any atom is 0.318 e. The van der Waals surface area contributed by atoms with Crippen LogP contribution < -0.4 is 10.1 Å². The largest absolute Gasteiger partial charge is 0.458 e. The average molecular weight is 331 g/mol. The number of hydrogen-bond donors (Lipinski definition) is 1. The zero-order valence-corrected chi connectivity index (χ0v) is 13.2. The number of aryl methyl sites for hydroxylation is 1. The van der Waals surface area contributed by atoms with Gasteiger partial charge < -0.3 is 10.1 Å². The van der Waals surface area contributed by atoms with Crippen molar-refractivity contribution in [3.8, 4) is 6.01 Å². The molecule has 3 aromatic rings. The first-order valence-corrected chi connectivity index (χ1v) is 7.78. The van der Waals surface area contributed by atoms with Gasteiger partial charge in [0.25, 0.3) is 0 Å². The normalized spacial score (nSPS) is 10.5. The van der Waals surface area contributed by atoms with E-state index < -0.39 is 5.82 Å². The van der Waals surface area contributed by atoms with Gasteiger partial charge in [-0.1, -0.05) is 6.07 Å². The van der Waals surface area contributed by atoms with Crippen LogP contribution in [0, 0.1) is 12.7 Å². The Balaban J connectivity index is 1.64. The van der Waals surface area contributed by atoms with Crippen LogP contribution >= 0.6 is 11.3 Å². The molecule has 0 aromatic carbocycles. The molecule has 3 rings (SSSR count). The van der Waals surface area contributed by atoms with Crippen LogP contribution in [0.25, 0.3) is 0 Å². The molecule has 23 heavy (non-hydrogen) atoms. The van der Waals surface area contributed by atoms with Crippen LogP contribution in [0.1, 0.15) is 16.3 Å². The van der Waals surface area contributed by atoms with Crippen molar-refractivity contribution in [2.45, 2.75) is 20.1 Å². The van der Waals surface area contributed by atoms with Crippen LogP contribution in [-0.4, -0.2) is 19.9 Å². The lowest BCUT2D eigenvalue weighted by atomic mass is 10.4. The number of thiophene rings is 1. The van der Waals surface area contributed by atoms with Crippen LogP contribution in [0.3, 0.4) is 0 Å². The highest BCUT2D eigenvalue weighted by Gasteiger charge is 2.08. The van der Waals surface area contributed by atoms with Gasteiger partial charge in [-0.2, -0.15) is 4.98 Å². The molecule has 3 heterocycles. The van der Waals surface area contributed by atoms with E-state index >= 15 is 0 Å². The Kier molecular flexibility index (Phi) is 4.72. The third kappa shape index (κ3) is 4.19. The van der Waals surface area contributed by atoms with Gasteiger partial charge in [-0.05, 0) is 18.4 Å². The van der Waals surface area contributed by atoms with E-state index in [0.29, 0.717) is 18.8 Å². The second-order valence-corrected chi connectivity index (χ2v) is 5.75. The lowest BCUT2D eigenvalue weighted by Gasteiger charge is -2.08. The Morgan fingerprint density at radius 3 is 2.87 bits per heavy atom. The third-order valence-electron chi connectivity index (χ3n) is 2.92. The Morgan fingerprint density at radius 2 is 2.13 bits per heavy atom. The number of nitrogens with one attached hydrogen (secondary N) is 1. The summed E-state index contributed by atoms with van der Waals surface area (Å²) in [5, 5.41) is 4.83. The molecule has 0 aliphatic rings. The fourth-order valence-corrected chi connectivity index (χ4v) is 2.38. The third-order valence-corrected chi connectivity index (χ3v) is 3.77. The van der Waals surface area contributed by atoms with E-state index in [4.69, 9.17) is 4.74 Å². The fourth-order valence-electron chi connectivity index (χ4n) is 1.76. The van der Waals surface area contributed by atoms with Gasteiger partial charge in [-0.25, -0.2) is 9.37 Å². The van der Waals surface area contributed by atoms with Crippen molar-refractivity contribution in [1.29, 1.82) is 0 Å². The lowest BCUT2D eigenvalue weighted by Crippen LogP contribution is -2.08. The lowest BCUT2D eigenvalue weighted by molar-refractivity contribution is 0.283. The minimum atomic E-state index is -0.548. The van der Waals surface area contributed by atoms with Gasteiger partial charge in [0.2, 0.25) is 0 Å². The van der Waals surface area contributed by atoms with E-state index in [2.05, 4.69) is 25.3 Å². The summed E-state index contributed by atoms with van der Waals surface area (Å²) in [7, 11) is 0. The summed E-state index contributed by atoms with van der Waals surface area (Å²) in [5.41, 5.74) is 1.51. The minimum absolute atomic E-state index is 0.0727. The van der Waals surface area contributed by atoms with Gasteiger partial charge in [0.15, 0.2) is 11.6 Å². The highest BCUT2D eigenvalue weighted by molar-refractivity contribution is 7.09. The highest BCUT2D eigenvalue weighted by atomic mass is 32.1. The molecule has 6 nitrogen and oxygen atoms in total. The smallest absolute Gasteiger partial charge is 0.318 e. The molecule has 0 atom stereocenters. The fraction of sp³-hybridized carbons (Fsp3) is 0.200. The molecule has 0 saturated carbocycles. The summed E-state index contributed by atoms with van der Waals surface area (Å²) in [5.74, 6) is -0.475. The molecule has 0 radical (unpaired) electrons. The monoisotopic (exact) mass is 331 g/mol. The van der Waals surface area contributed by atoms with Crippen LogP contribution in [0.5, 0.6) is 6.01 Å². The minimum Gasteiger partial charge on any atom is -0.458 e. The number of ether oxygens (including phenoxy) is 1. The van der Waals surface area contributed by atoms with Gasteiger partial charge in [-0.3, -0.25) is 9.97 Å². The summed E-state index contributed by atoms with van der Waals surface area (Å²) in [6, 6.07) is 4.01. The predicted octanol–water partition coefficient (Wildman–Crippen LogP) is 2.97. The van der Waals surface area contributed by atoms with E-state index in [1.807, 2.05) is 24.4 Å². The van der Waals surface area contributed by atoms with Gasteiger partial charge in [-0.15, -0.1) is 11.3 Å². The maximum atomic E-state index is 13.8.